The van der Waals surface area contributed by atoms with Crippen molar-refractivity contribution in [3.63, 3.8) is 0 Å². The highest BCUT2D eigenvalue weighted by Gasteiger charge is 2.26. The summed E-state index contributed by atoms with van der Waals surface area (Å²) in [6, 6.07) is 6.83. The van der Waals surface area contributed by atoms with E-state index in [9.17, 15) is 22.9 Å². The predicted octanol–water partition coefficient (Wildman–Crippen LogP) is 4.21. The summed E-state index contributed by atoms with van der Waals surface area (Å²) in [6.07, 6.45) is 0. The average molecular weight is 403 g/mol. The van der Waals surface area contributed by atoms with Crippen LogP contribution >= 0.6 is 11.6 Å². The second-order valence-corrected chi connectivity index (χ2v) is 7.50. The molecule has 0 aliphatic carbocycles. The predicted molar refractivity (Wildman–Crippen MR) is 94.7 cm³/mol. The number of nitrogens with zero attached hydrogens (tertiary/aromatic N) is 2. The monoisotopic (exact) mass is 402 g/mol. The van der Waals surface area contributed by atoms with Crippen LogP contribution in [0.15, 0.2) is 41.3 Å². The van der Waals surface area contributed by atoms with E-state index in [1.54, 1.807) is 13.8 Å². The van der Waals surface area contributed by atoms with Gasteiger partial charge in [0, 0.05) is 25.2 Å². The fraction of sp³-hybridized carbons (Fsp3) is 0.250. The molecule has 7 nitrogen and oxygen atoms in total. The molecular formula is C16H16ClFN2O5S. The fourth-order valence-electron chi connectivity index (χ4n) is 2.27. The Labute approximate surface area is 155 Å². The molecule has 26 heavy (non-hydrogen) atoms. The van der Waals surface area contributed by atoms with Gasteiger partial charge in [0.2, 0.25) is 15.8 Å². The Balaban J connectivity index is 2.46. The first-order valence-electron chi connectivity index (χ1n) is 7.62. The molecule has 0 aliphatic rings. The van der Waals surface area contributed by atoms with E-state index in [0.717, 1.165) is 12.1 Å². The van der Waals surface area contributed by atoms with Crippen molar-refractivity contribution in [1.29, 1.82) is 0 Å². The Morgan fingerprint density at radius 3 is 2.38 bits per heavy atom. The zero-order valence-electron chi connectivity index (χ0n) is 14.0. The summed E-state index contributed by atoms with van der Waals surface area (Å²) in [5.41, 5.74) is -0.529. The van der Waals surface area contributed by atoms with Gasteiger partial charge in [0.15, 0.2) is 0 Å². The molecule has 2 rings (SSSR count). The van der Waals surface area contributed by atoms with E-state index in [0.29, 0.717) is 0 Å². The van der Waals surface area contributed by atoms with Crippen LogP contribution in [0.2, 0.25) is 5.02 Å². The van der Waals surface area contributed by atoms with Crippen LogP contribution in [0.1, 0.15) is 13.8 Å². The molecule has 0 bridgehead atoms. The number of halogens is 2. The normalized spacial score (nSPS) is 11.6. The first kappa shape index (κ1) is 20.1. The molecule has 2 aromatic rings. The first-order chi connectivity index (χ1) is 12.2. The van der Waals surface area contributed by atoms with Crippen molar-refractivity contribution in [3.8, 4) is 11.5 Å². The summed E-state index contributed by atoms with van der Waals surface area (Å²) in [7, 11) is -3.86. The summed E-state index contributed by atoms with van der Waals surface area (Å²) in [5, 5.41) is 11.1. The molecule has 2 aromatic carbocycles. The van der Waals surface area contributed by atoms with E-state index < -0.39 is 26.5 Å². The highest BCUT2D eigenvalue weighted by atomic mass is 35.5. The Bertz CT molecular complexity index is 932. The third kappa shape index (κ3) is 4.12. The van der Waals surface area contributed by atoms with Crippen molar-refractivity contribution in [1.82, 2.24) is 4.31 Å². The minimum atomic E-state index is -3.86. The van der Waals surface area contributed by atoms with Gasteiger partial charge in [-0.2, -0.15) is 4.31 Å². The van der Waals surface area contributed by atoms with Crippen LogP contribution < -0.4 is 4.74 Å². The van der Waals surface area contributed by atoms with Gasteiger partial charge in [-0.1, -0.05) is 25.4 Å². The number of nitro groups is 1. The quantitative estimate of drug-likeness (QED) is 0.511. The summed E-state index contributed by atoms with van der Waals surface area (Å²) in [6.45, 7) is 3.81. The maximum atomic E-state index is 13.2. The lowest BCUT2D eigenvalue weighted by Gasteiger charge is -2.18. The van der Waals surface area contributed by atoms with Gasteiger partial charge in [0.05, 0.1) is 14.8 Å². The van der Waals surface area contributed by atoms with Gasteiger partial charge in [0.25, 0.3) is 0 Å². The number of sulfonamides is 1. The summed E-state index contributed by atoms with van der Waals surface area (Å²) in [4.78, 5) is 10.4. The van der Waals surface area contributed by atoms with E-state index in [2.05, 4.69) is 0 Å². The molecule has 0 saturated carbocycles. The van der Waals surface area contributed by atoms with Crippen molar-refractivity contribution in [2.75, 3.05) is 13.1 Å². The van der Waals surface area contributed by atoms with E-state index >= 15 is 0 Å². The average Bonchev–Trinajstić information content (AvgIpc) is 2.59. The van der Waals surface area contributed by atoms with E-state index in [-0.39, 0.29) is 34.5 Å². The van der Waals surface area contributed by atoms with Crippen LogP contribution in [-0.4, -0.2) is 30.7 Å². The van der Waals surface area contributed by atoms with Crippen LogP contribution in [0.4, 0.5) is 10.1 Å². The van der Waals surface area contributed by atoms with Gasteiger partial charge >= 0.3 is 5.69 Å². The standard InChI is InChI=1S/C16H16ClFN2O5S/c1-3-19(4-2)26(23,24)12-6-8-16(15(10-12)20(21)22)25-11-5-7-14(18)13(17)9-11/h5-10H,3-4H2,1-2H3. The third-order valence-electron chi connectivity index (χ3n) is 3.59. The summed E-state index contributed by atoms with van der Waals surface area (Å²) in [5.74, 6) is -0.760. The van der Waals surface area contributed by atoms with E-state index in [1.807, 2.05) is 0 Å². The minimum Gasteiger partial charge on any atom is -0.450 e. The smallest absolute Gasteiger partial charge is 0.312 e. The van der Waals surface area contributed by atoms with Gasteiger partial charge in [0.1, 0.15) is 11.6 Å². The lowest BCUT2D eigenvalue weighted by Crippen LogP contribution is -2.30. The molecule has 0 fully saturated rings. The van der Waals surface area contributed by atoms with Crippen molar-refractivity contribution >= 4 is 27.3 Å². The molecule has 0 unspecified atom stereocenters. The Kier molecular flexibility index (Phi) is 6.17. The number of hydrogen-bond donors (Lipinski definition) is 0. The van der Waals surface area contributed by atoms with Crippen LogP contribution in [0.3, 0.4) is 0 Å². The van der Waals surface area contributed by atoms with Crippen molar-refractivity contribution in [3.05, 3.63) is 57.4 Å². The number of hydrogen-bond acceptors (Lipinski definition) is 5. The SMILES string of the molecule is CCN(CC)S(=O)(=O)c1ccc(Oc2ccc(F)c(Cl)c2)c([N+](=O)[O-])c1. The van der Waals surface area contributed by atoms with Gasteiger partial charge < -0.3 is 4.74 Å². The summed E-state index contributed by atoms with van der Waals surface area (Å²) < 4.78 is 44.8. The first-order valence-corrected chi connectivity index (χ1v) is 9.44. The molecule has 0 spiro atoms. The number of ether oxygens (including phenoxy) is 1. The van der Waals surface area contributed by atoms with Crippen LogP contribution in [0, 0.1) is 15.9 Å². The number of rotatable bonds is 7. The Morgan fingerprint density at radius 2 is 1.85 bits per heavy atom. The largest absolute Gasteiger partial charge is 0.450 e. The lowest BCUT2D eigenvalue weighted by molar-refractivity contribution is -0.385. The van der Waals surface area contributed by atoms with Gasteiger partial charge in [-0.15, -0.1) is 0 Å². The van der Waals surface area contributed by atoms with E-state index in [4.69, 9.17) is 16.3 Å². The van der Waals surface area contributed by atoms with Gasteiger partial charge in [-0.3, -0.25) is 10.1 Å². The minimum absolute atomic E-state index is 0.0823. The van der Waals surface area contributed by atoms with Crippen molar-refractivity contribution in [2.24, 2.45) is 0 Å². The summed E-state index contributed by atoms with van der Waals surface area (Å²) >= 11 is 5.66. The van der Waals surface area contributed by atoms with Crippen LogP contribution in [0.25, 0.3) is 0 Å². The molecule has 0 atom stereocenters. The Hall–Kier alpha value is -2.23. The zero-order chi connectivity index (χ0) is 19.5. The zero-order valence-corrected chi connectivity index (χ0v) is 15.6. The fourth-order valence-corrected chi connectivity index (χ4v) is 3.92. The van der Waals surface area contributed by atoms with Gasteiger partial charge in [-0.05, 0) is 24.3 Å². The van der Waals surface area contributed by atoms with Crippen LogP contribution in [-0.2, 0) is 10.0 Å². The highest BCUT2D eigenvalue weighted by molar-refractivity contribution is 7.89. The molecular weight excluding hydrogens is 387 g/mol. The molecule has 10 heteroatoms. The lowest BCUT2D eigenvalue weighted by atomic mass is 10.3. The second-order valence-electron chi connectivity index (χ2n) is 5.15. The highest BCUT2D eigenvalue weighted by Crippen LogP contribution is 2.35. The maximum absolute atomic E-state index is 13.2. The molecule has 0 aromatic heterocycles. The molecule has 140 valence electrons. The maximum Gasteiger partial charge on any atom is 0.312 e. The number of nitro benzene ring substituents is 1. The molecule has 0 N–H and O–H groups in total. The molecule has 0 radical (unpaired) electrons. The topological polar surface area (TPSA) is 89.8 Å². The van der Waals surface area contributed by atoms with Crippen molar-refractivity contribution < 1.29 is 22.5 Å². The molecule has 0 saturated heterocycles. The molecule has 0 amide bonds. The second kappa shape index (κ2) is 7.98. The number of benzene rings is 2. The third-order valence-corrected chi connectivity index (χ3v) is 5.92. The van der Waals surface area contributed by atoms with Crippen LogP contribution in [0.5, 0.6) is 11.5 Å². The van der Waals surface area contributed by atoms with E-state index in [1.165, 1.54) is 28.6 Å². The molecule has 0 heterocycles. The molecule has 0 aliphatic heterocycles. The Morgan fingerprint density at radius 1 is 1.19 bits per heavy atom. The van der Waals surface area contributed by atoms with Gasteiger partial charge in [-0.25, -0.2) is 12.8 Å². The van der Waals surface area contributed by atoms with Crippen molar-refractivity contribution in [2.45, 2.75) is 18.7 Å².